The number of hydrogen-bond acceptors (Lipinski definition) is 3. The number of urea groups is 1. The molecule has 0 heterocycles. The largest absolute Gasteiger partial charge is 0.336 e. The molecule has 0 saturated heterocycles. The van der Waals surface area contributed by atoms with Crippen molar-refractivity contribution in [3.8, 4) is 0 Å². The van der Waals surface area contributed by atoms with Crippen molar-refractivity contribution in [2.24, 2.45) is 0 Å². The van der Waals surface area contributed by atoms with E-state index in [1.54, 1.807) is 6.26 Å². The second kappa shape index (κ2) is 6.43. The number of hydrogen-bond donors (Lipinski definition) is 3. The van der Waals surface area contributed by atoms with E-state index < -0.39 is 28.6 Å². The van der Waals surface area contributed by atoms with Crippen LogP contribution in [-0.4, -0.2) is 33.7 Å². The molecule has 1 saturated carbocycles. The predicted octanol–water partition coefficient (Wildman–Crippen LogP) is 1.82. The van der Waals surface area contributed by atoms with Crippen LogP contribution < -0.4 is 16.0 Å². The highest BCUT2D eigenvalue weighted by molar-refractivity contribution is 7.86. The number of amides is 3. The summed E-state index contributed by atoms with van der Waals surface area (Å²) in [5, 5.41) is 7.56. The van der Waals surface area contributed by atoms with Crippen LogP contribution in [0.5, 0.6) is 0 Å². The van der Waals surface area contributed by atoms with Crippen LogP contribution in [-0.2, 0) is 15.6 Å². The number of carbonyl (C=O) groups is 2. The molecular weight excluding hydrogens is 309 g/mol. The molecule has 0 bridgehead atoms. The summed E-state index contributed by atoms with van der Waals surface area (Å²) >= 11 is 0. The molecule has 0 aromatic heterocycles. The van der Waals surface area contributed by atoms with Crippen molar-refractivity contribution < 1.29 is 18.2 Å². The highest BCUT2D eigenvalue weighted by Crippen LogP contribution is 2.40. The molecular formula is C14H18FN3O3S. The van der Waals surface area contributed by atoms with Gasteiger partial charge in [0.25, 0.3) is 0 Å². The Kier molecular flexibility index (Phi) is 4.80. The molecule has 6 nitrogen and oxygen atoms in total. The van der Waals surface area contributed by atoms with Gasteiger partial charge in [-0.3, -0.25) is 9.00 Å². The maximum atomic E-state index is 13.5. The lowest BCUT2D eigenvalue weighted by atomic mass is 10.2. The van der Waals surface area contributed by atoms with Crippen LogP contribution in [0.25, 0.3) is 0 Å². The second-order valence-electron chi connectivity index (χ2n) is 5.32. The normalized spacial score (nSPS) is 16.5. The minimum absolute atomic E-state index is 0.00127. The first-order valence-corrected chi connectivity index (χ1v) is 8.34. The van der Waals surface area contributed by atoms with Crippen molar-refractivity contribution in [2.45, 2.75) is 24.5 Å². The minimum atomic E-state index is -0.981. The number of benzene rings is 1. The third-order valence-corrected chi connectivity index (χ3v) is 5.30. The summed E-state index contributed by atoms with van der Waals surface area (Å²) in [6.07, 6.45) is 3.30. The molecule has 1 aromatic carbocycles. The number of anilines is 2. The quantitative estimate of drug-likeness (QED) is 0.771. The lowest BCUT2D eigenvalue weighted by Crippen LogP contribution is -2.38. The van der Waals surface area contributed by atoms with Crippen LogP contribution in [0.2, 0.25) is 0 Å². The highest BCUT2D eigenvalue weighted by Gasteiger charge is 2.46. The molecule has 120 valence electrons. The van der Waals surface area contributed by atoms with Gasteiger partial charge >= 0.3 is 6.03 Å². The van der Waals surface area contributed by atoms with Gasteiger partial charge in [0.1, 0.15) is 5.82 Å². The van der Waals surface area contributed by atoms with Crippen LogP contribution in [0.4, 0.5) is 20.6 Å². The van der Waals surface area contributed by atoms with Gasteiger partial charge in [-0.1, -0.05) is 0 Å². The van der Waals surface area contributed by atoms with E-state index in [2.05, 4.69) is 16.0 Å². The standard InChI is InChI=1S/C14H18FN3O3S/c1-9(19)17-12-7-10(3-4-11(12)15)18-13(20)16-8-14(5-6-14)22(2)21/h3-4,7H,5-6,8H2,1-2H3,(H,17,19)(H2,16,18,20). The number of carbonyl (C=O) groups excluding carboxylic acids is 2. The van der Waals surface area contributed by atoms with Crippen molar-refractivity contribution in [3.05, 3.63) is 24.0 Å². The van der Waals surface area contributed by atoms with E-state index in [1.165, 1.54) is 19.1 Å². The zero-order valence-electron chi connectivity index (χ0n) is 12.4. The second-order valence-corrected chi connectivity index (χ2v) is 7.09. The molecule has 2 rings (SSSR count). The summed E-state index contributed by atoms with van der Waals surface area (Å²) < 4.78 is 24.7. The van der Waals surface area contributed by atoms with Gasteiger partial charge in [-0.15, -0.1) is 0 Å². The van der Waals surface area contributed by atoms with E-state index in [0.717, 1.165) is 18.9 Å². The van der Waals surface area contributed by atoms with E-state index >= 15 is 0 Å². The number of rotatable bonds is 5. The summed E-state index contributed by atoms with van der Waals surface area (Å²) in [7, 11) is -0.981. The Labute approximate surface area is 130 Å². The highest BCUT2D eigenvalue weighted by atomic mass is 32.2. The van der Waals surface area contributed by atoms with Gasteiger partial charge in [-0.25, -0.2) is 9.18 Å². The third-order valence-electron chi connectivity index (χ3n) is 3.52. The van der Waals surface area contributed by atoms with Gasteiger partial charge < -0.3 is 16.0 Å². The van der Waals surface area contributed by atoms with Gasteiger partial charge in [-0.2, -0.15) is 0 Å². The van der Waals surface area contributed by atoms with E-state index in [4.69, 9.17) is 0 Å². The Hall–Kier alpha value is -1.96. The molecule has 0 aliphatic heterocycles. The Morgan fingerprint density at radius 3 is 2.55 bits per heavy atom. The average molecular weight is 327 g/mol. The van der Waals surface area contributed by atoms with Gasteiger partial charge in [0.05, 0.1) is 10.4 Å². The zero-order chi connectivity index (χ0) is 16.3. The van der Waals surface area contributed by atoms with Crippen LogP contribution in [0.15, 0.2) is 18.2 Å². The Morgan fingerprint density at radius 2 is 2.00 bits per heavy atom. The van der Waals surface area contributed by atoms with E-state index in [9.17, 15) is 18.2 Å². The molecule has 1 unspecified atom stereocenters. The SMILES string of the molecule is CC(=O)Nc1cc(NC(=O)NCC2(S(C)=O)CC2)ccc1F. The smallest absolute Gasteiger partial charge is 0.319 e. The monoisotopic (exact) mass is 327 g/mol. The lowest BCUT2D eigenvalue weighted by molar-refractivity contribution is -0.114. The van der Waals surface area contributed by atoms with Crippen LogP contribution >= 0.6 is 0 Å². The molecule has 1 aliphatic rings. The number of nitrogens with one attached hydrogen (secondary N) is 3. The van der Waals surface area contributed by atoms with Gasteiger partial charge in [0, 0.05) is 36.2 Å². The fraction of sp³-hybridized carbons (Fsp3) is 0.429. The topological polar surface area (TPSA) is 87.3 Å². The average Bonchev–Trinajstić information content (AvgIpc) is 3.21. The molecule has 8 heteroatoms. The maximum absolute atomic E-state index is 13.5. The molecule has 0 spiro atoms. The Bertz CT molecular complexity index is 632. The molecule has 1 atom stereocenters. The molecule has 3 amide bonds. The van der Waals surface area contributed by atoms with E-state index in [-0.39, 0.29) is 10.4 Å². The lowest BCUT2D eigenvalue weighted by Gasteiger charge is -2.14. The maximum Gasteiger partial charge on any atom is 0.319 e. The Morgan fingerprint density at radius 1 is 1.32 bits per heavy atom. The first-order valence-electron chi connectivity index (χ1n) is 6.78. The minimum Gasteiger partial charge on any atom is -0.336 e. The zero-order valence-corrected chi connectivity index (χ0v) is 13.2. The molecule has 1 fully saturated rings. The van der Waals surface area contributed by atoms with Gasteiger partial charge in [0.2, 0.25) is 5.91 Å². The van der Waals surface area contributed by atoms with Crippen LogP contribution in [0.1, 0.15) is 19.8 Å². The summed E-state index contributed by atoms with van der Waals surface area (Å²) in [4.78, 5) is 22.8. The molecule has 1 aromatic rings. The summed E-state index contributed by atoms with van der Waals surface area (Å²) in [5.74, 6) is -0.985. The van der Waals surface area contributed by atoms with Crippen LogP contribution in [0.3, 0.4) is 0 Å². The van der Waals surface area contributed by atoms with Crippen molar-refractivity contribution in [2.75, 3.05) is 23.4 Å². The van der Waals surface area contributed by atoms with Crippen molar-refractivity contribution >= 4 is 34.1 Å². The van der Waals surface area contributed by atoms with E-state index in [0.29, 0.717) is 12.2 Å². The fourth-order valence-corrected chi connectivity index (χ4v) is 2.96. The van der Waals surface area contributed by atoms with Crippen LogP contribution in [0, 0.1) is 5.82 Å². The molecule has 3 N–H and O–H groups in total. The summed E-state index contributed by atoms with van der Waals surface area (Å²) in [5.41, 5.74) is 0.351. The third kappa shape index (κ3) is 4.03. The molecule has 1 aliphatic carbocycles. The Balaban J connectivity index is 1.94. The van der Waals surface area contributed by atoms with Gasteiger partial charge in [0.15, 0.2) is 0 Å². The van der Waals surface area contributed by atoms with Crippen molar-refractivity contribution in [1.82, 2.24) is 5.32 Å². The first-order chi connectivity index (χ1) is 10.3. The predicted molar refractivity (Wildman–Crippen MR) is 83.8 cm³/mol. The van der Waals surface area contributed by atoms with Crippen molar-refractivity contribution in [3.63, 3.8) is 0 Å². The van der Waals surface area contributed by atoms with E-state index in [1.807, 2.05) is 0 Å². The van der Waals surface area contributed by atoms with Crippen molar-refractivity contribution in [1.29, 1.82) is 0 Å². The summed E-state index contributed by atoms with van der Waals surface area (Å²) in [6.45, 7) is 1.61. The number of halogens is 1. The first kappa shape index (κ1) is 16.4. The summed E-state index contributed by atoms with van der Waals surface area (Å²) in [6, 6.07) is 3.42. The molecule has 0 radical (unpaired) electrons. The fourth-order valence-electron chi connectivity index (χ4n) is 2.01. The molecule has 22 heavy (non-hydrogen) atoms. The van der Waals surface area contributed by atoms with Gasteiger partial charge in [-0.05, 0) is 31.0 Å².